The fourth-order valence-corrected chi connectivity index (χ4v) is 1.80. The van der Waals surface area contributed by atoms with Gasteiger partial charge in [0, 0.05) is 5.56 Å². The highest BCUT2D eigenvalue weighted by molar-refractivity contribution is 5.77. The van der Waals surface area contributed by atoms with E-state index in [0.717, 1.165) is 12.1 Å². The summed E-state index contributed by atoms with van der Waals surface area (Å²) in [6.07, 6.45) is 1.35. The highest BCUT2D eigenvalue weighted by Gasteiger charge is 2.39. The van der Waals surface area contributed by atoms with Gasteiger partial charge in [0.25, 0.3) is 0 Å². The highest BCUT2D eigenvalue weighted by atomic mass is 19.2. The molecule has 0 aliphatic heterocycles. The topological polar surface area (TPSA) is 37.3 Å². The van der Waals surface area contributed by atoms with Crippen molar-refractivity contribution in [1.29, 1.82) is 0 Å². The molecule has 1 aromatic rings. The summed E-state index contributed by atoms with van der Waals surface area (Å²) in [5, 5.41) is 8.94. The molecule has 16 heavy (non-hydrogen) atoms. The lowest BCUT2D eigenvalue weighted by Crippen LogP contribution is -2.16. The quantitative estimate of drug-likeness (QED) is 0.810. The third-order valence-electron chi connectivity index (χ3n) is 2.76. The molecular weight excluding hydrogens is 221 g/mol. The van der Waals surface area contributed by atoms with E-state index in [1.54, 1.807) is 0 Å². The fraction of sp³-hybridized carbons (Fsp3) is 0.364. The van der Waals surface area contributed by atoms with E-state index >= 15 is 0 Å². The molecule has 2 nitrogen and oxygen atoms in total. The van der Waals surface area contributed by atoms with Gasteiger partial charge in [0.1, 0.15) is 0 Å². The number of carboxylic acids is 1. The van der Waals surface area contributed by atoms with Crippen LogP contribution in [-0.4, -0.2) is 11.1 Å². The van der Waals surface area contributed by atoms with Crippen molar-refractivity contribution >= 4 is 5.97 Å². The van der Waals surface area contributed by atoms with E-state index < -0.39 is 29.3 Å². The van der Waals surface area contributed by atoms with Crippen molar-refractivity contribution in [2.45, 2.75) is 18.8 Å². The summed E-state index contributed by atoms with van der Waals surface area (Å²) in [5.74, 6) is -6.75. The third-order valence-corrected chi connectivity index (χ3v) is 2.76. The van der Waals surface area contributed by atoms with Crippen molar-refractivity contribution in [3.8, 4) is 0 Å². The van der Waals surface area contributed by atoms with Crippen LogP contribution in [-0.2, 0) is 4.79 Å². The summed E-state index contributed by atoms with van der Waals surface area (Å²) in [4.78, 5) is 10.9. The van der Waals surface area contributed by atoms with Crippen molar-refractivity contribution < 1.29 is 23.1 Å². The molecule has 0 bridgehead atoms. The van der Waals surface area contributed by atoms with Crippen LogP contribution in [0.5, 0.6) is 0 Å². The van der Waals surface area contributed by atoms with Crippen LogP contribution in [0.4, 0.5) is 13.2 Å². The summed E-state index contributed by atoms with van der Waals surface area (Å²) in [5.41, 5.74) is -0.270. The number of halogens is 3. The first kappa shape index (κ1) is 11.0. The van der Waals surface area contributed by atoms with Crippen LogP contribution in [0.3, 0.4) is 0 Å². The molecular formula is C11H9F3O2. The van der Waals surface area contributed by atoms with Crippen molar-refractivity contribution in [2.24, 2.45) is 5.92 Å². The normalized spacial score (nSPS) is 17.2. The van der Waals surface area contributed by atoms with Gasteiger partial charge in [-0.05, 0) is 24.8 Å². The first-order valence-corrected chi connectivity index (χ1v) is 4.88. The molecule has 1 fully saturated rings. The first-order chi connectivity index (χ1) is 7.52. The standard InChI is InChI=1S/C11H9F3O2/c12-7-4-3-6(9(13)10(7)14)8(11(15)16)5-1-2-5/h3-5,8H,1-2H2,(H,15,16). The molecule has 2 rings (SSSR count). The number of carbonyl (C=O) groups is 1. The van der Waals surface area contributed by atoms with Crippen LogP contribution in [0, 0.1) is 23.4 Å². The van der Waals surface area contributed by atoms with Crippen molar-refractivity contribution in [1.82, 2.24) is 0 Å². The SMILES string of the molecule is O=C(O)C(c1ccc(F)c(F)c1F)C1CC1. The Morgan fingerprint density at radius 3 is 2.38 bits per heavy atom. The van der Waals surface area contributed by atoms with Crippen LogP contribution in [0.2, 0.25) is 0 Å². The second-order valence-corrected chi connectivity index (χ2v) is 3.92. The number of hydrogen-bond donors (Lipinski definition) is 1. The number of carboxylic acid groups (broad SMARTS) is 1. The molecule has 5 heteroatoms. The Bertz CT molecular complexity index is 441. The van der Waals surface area contributed by atoms with Crippen LogP contribution in [0.1, 0.15) is 24.3 Å². The zero-order valence-corrected chi connectivity index (χ0v) is 8.21. The molecule has 0 spiro atoms. The molecule has 0 aromatic heterocycles. The molecule has 1 aromatic carbocycles. The van der Waals surface area contributed by atoms with Gasteiger partial charge >= 0.3 is 5.97 Å². The molecule has 1 N–H and O–H groups in total. The van der Waals surface area contributed by atoms with Crippen molar-refractivity contribution in [2.75, 3.05) is 0 Å². The van der Waals surface area contributed by atoms with E-state index in [2.05, 4.69) is 0 Å². The number of benzene rings is 1. The maximum atomic E-state index is 13.4. The lowest BCUT2D eigenvalue weighted by Gasteiger charge is -2.12. The average molecular weight is 230 g/mol. The summed E-state index contributed by atoms with van der Waals surface area (Å²) >= 11 is 0. The van der Waals surface area contributed by atoms with Gasteiger partial charge in [-0.15, -0.1) is 0 Å². The Balaban J connectivity index is 2.45. The van der Waals surface area contributed by atoms with Gasteiger partial charge < -0.3 is 5.11 Å². The molecule has 0 radical (unpaired) electrons. The second kappa shape index (κ2) is 3.81. The predicted octanol–water partition coefficient (Wildman–Crippen LogP) is 2.68. The summed E-state index contributed by atoms with van der Waals surface area (Å²) < 4.78 is 39.0. The molecule has 1 atom stereocenters. The predicted molar refractivity (Wildman–Crippen MR) is 49.4 cm³/mol. The van der Waals surface area contributed by atoms with E-state index in [1.165, 1.54) is 0 Å². The molecule has 86 valence electrons. The van der Waals surface area contributed by atoms with Crippen molar-refractivity contribution in [3.05, 3.63) is 35.1 Å². The van der Waals surface area contributed by atoms with Gasteiger partial charge in [-0.3, -0.25) is 4.79 Å². The fourth-order valence-electron chi connectivity index (χ4n) is 1.80. The lowest BCUT2D eigenvalue weighted by atomic mass is 9.93. The lowest BCUT2D eigenvalue weighted by molar-refractivity contribution is -0.139. The van der Waals surface area contributed by atoms with Crippen LogP contribution < -0.4 is 0 Å². The first-order valence-electron chi connectivity index (χ1n) is 4.88. The van der Waals surface area contributed by atoms with Crippen LogP contribution in [0.15, 0.2) is 12.1 Å². The minimum Gasteiger partial charge on any atom is -0.481 e. The van der Waals surface area contributed by atoms with Crippen LogP contribution >= 0.6 is 0 Å². The average Bonchev–Trinajstić information content (AvgIpc) is 3.02. The maximum Gasteiger partial charge on any atom is 0.311 e. The Hall–Kier alpha value is -1.52. The van der Waals surface area contributed by atoms with Gasteiger partial charge in [0.2, 0.25) is 0 Å². The molecule has 1 saturated carbocycles. The van der Waals surface area contributed by atoms with Gasteiger partial charge in [0.05, 0.1) is 5.92 Å². The molecule has 1 aliphatic carbocycles. The zero-order chi connectivity index (χ0) is 11.9. The van der Waals surface area contributed by atoms with Gasteiger partial charge in [-0.2, -0.15) is 0 Å². The Morgan fingerprint density at radius 1 is 1.25 bits per heavy atom. The number of rotatable bonds is 3. The maximum absolute atomic E-state index is 13.4. The van der Waals surface area contributed by atoms with E-state index in [0.29, 0.717) is 12.8 Å². The Labute approximate surface area is 89.7 Å². The molecule has 0 heterocycles. The van der Waals surface area contributed by atoms with Crippen molar-refractivity contribution in [3.63, 3.8) is 0 Å². The monoisotopic (exact) mass is 230 g/mol. The van der Waals surface area contributed by atoms with E-state index in [-0.39, 0.29) is 11.5 Å². The van der Waals surface area contributed by atoms with E-state index in [9.17, 15) is 18.0 Å². The number of aliphatic carboxylic acids is 1. The molecule has 0 amide bonds. The zero-order valence-electron chi connectivity index (χ0n) is 8.21. The molecule has 0 saturated heterocycles. The van der Waals surface area contributed by atoms with E-state index in [1.807, 2.05) is 0 Å². The Morgan fingerprint density at radius 2 is 1.88 bits per heavy atom. The van der Waals surface area contributed by atoms with E-state index in [4.69, 9.17) is 5.11 Å². The van der Waals surface area contributed by atoms with Gasteiger partial charge in [-0.1, -0.05) is 6.07 Å². The van der Waals surface area contributed by atoms with Gasteiger partial charge in [0.15, 0.2) is 17.5 Å². The van der Waals surface area contributed by atoms with Gasteiger partial charge in [-0.25, -0.2) is 13.2 Å². The largest absolute Gasteiger partial charge is 0.481 e. The highest BCUT2D eigenvalue weighted by Crippen LogP contribution is 2.43. The minimum atomic E-state index is -1.61. The Kier molecular flexibility index (Phi) is 2.61. The summed E-state index contributed by atoms with van der Waals surface area (Å²) in [6.45, 7) is 0. The summed E-state index contributed by atoms with van der Waals surface area (Å²) in [6, 6.07) is 1.76. The number of hydrogen-bond acceptors (Lipinski definition) is 1. The molecule has 1 aliphatic rings. The summed E-state index contributed by atoms with van der Waals surface area (Å²) in [7, 11) is 0. The third kappa shape index (κ3) is 1.77. The molecule has 1 unspecified atom stereocenters. The van der Waals surface area contributed by atoms with Crippen LogP contribution in [0.25, 0.3) is 0 Å². The minimum absolute atomic E-state index is 0.170. The smallest absolute Gasteiger partial charge is 0.311 e. The second-order valence-electron chi connectivity index (χ2n) is 3.92.